The largest absolute Gasteiger partial charge is 0.494 e. The monoisotopic (exact) mass is 352 g/mol. The molecule has 0 aliphatic carbocycles. The van der Waals surface area contributed by atoms with E-state index in [1.165, 1.54) is 0 Å². The molecular formula is C19H20N4O3. The average molecular weight is 352 g/mol. The Balaban J connectivity index is 2.03. The molecular weight excluding hydrogens is 332 g/mol. The van der Waals surface area contributed by atoms with Gasteiger partial charge in [-0.15, -0.1) is 10.2 Å². The van der Waals surface area contributed by atoms with Crippen LogP contribution in [0.15, 0.2) is 52.8 Å². The Morgan fingerprint density at radius 1 is 1.23 bits per heavy atom. The van der Waals surface area contributed by atoms with Crippen LogP contribution in [0.4, 0.5) is 11.5 Å². The van der Waals surface area contributed by atoms with Crippen molar-refractivity contribution in [3.63, 3.8) is 0 Å². The summed E-state index contributed by atoms with van der Waals surface area (Å²) in [7, 11) is 1.59. The maximum absolute atomic E-state index is 11.9. The second-order valence-electron chi connectivity index (χ2n) is 5.67. The topological polar surface area (TPSA) is 77.5 Å². The zero-order valence-corrected chi connectivity index (χ0v) is 15.0. The molecule has 0 saturated heterocycles. The number of azo groups is 1. The van der Waals surface area contributed by atoms with E-state index in [1.807, 2.05) is 49.5 Å². The molecule has 0 aliphatic heterocycles. The molecule has 0 amide bonds. The van der Waals surface area contributed by atoms with Crippen LogP contribution in [0, 0.1) is 6.92 Å². The summed E-state index contributed by atoms with van der Waals surface area (Å²) in [6, 6.07) is 11.3. The minimum absolute atomic E-state index is 0.0365. The van der Waals surface area contributed by atoms with Gasteiger partial charge in [0.15, 0.2) is 5.82 Å². The number of hydrogen-bond acceptors (Lipinski definition) is 6. The molecule has 134 valence electrons. The number of imidazole rings is 1. The highest BCUT2D eigenvalue weighted by atomic mass is 16.5. The van der Waals surface area contributed by atoms with Gasteiger partial charge in [0.1, 0.15) is 17.1 Å². The van der Waals surface area contributed by atoms with Crippen LogP contribution < -0.4 is 4.74 Å². The fourth-order valence-electron chi connectivity index (χ4n) is 2.58. The maximum atomic E-state index is 11.9. The zero-order chi connectivity index (χ0) is 18.5. The van der Waals surface area contributed by atoms with Crippen LogP contribution in [0.3, 0.4) is 0 Å². The normalized spacial score (nSPS) is 11.2. The number of carbonyl (C=O) groups is 1. The third-order valence-electron chi connectivity index (χ3n) is 3.78. The molecule has 7 nitrogen and oxygen atoms in total. The van der Waals surface area contributed by atoms with Gasteiger partial charge < -0.3 is 9.47 Å². The van der Waals surface area contributed by atoms with Crippen LogP contribution in [0.25, 0.3) is 5.65 Å². The highest BCUT2D eigenvalue weighted by molar-refractivity contribution is 5.74. The van der Waals surface area contributed by atoms with Crippen molar-refractivity contribution in [1.29, 1.82) is 0 Å². The van der Waals surface area contributed by atoms with Gasteiger partial charge >= 0.3 is 5.97 Å². The predicted octanol–water partition coefficient (Wildman–Crippen LogP) is 4.17. The molecule has 0 N–H and O–H groups in total. The van der Waals surface area contributed by atoms with Gasteiger partial charge in [-0.25, -0.2) is 4.98 Å². The van der Waals surface area contributed by atoms with E-state index in [-0.39, 0.29) is 12.4 Å². The van der Waals surface area contributed by atoms with Gasteiger partial charge in [-0.2, -0.15) is 0 Å². The van der Waals surface area contributed by atoms with Crippen molar-refractivity contribution >= 4 is 23.1 Å². The van der Waals surface area contributed by atoms with E-state index in [0.29, 0.717) is 35.2 Å². The van der Waals surface area contributed by atoms with Crippen molar-refractivity contribution in [2.24, 2.45) is 10.2 Å². The minimum atomic E-state index is -0.347. The summed E-state index contributed by atoms with van der Waals surface area (Å²) < 4.78 is 12.2. The molecule has 2 aromatic heterocycles. The summed E-state index contributed by atoms with van der Waals surface area (Å²) >= 11 is 0. The molecule has 0 unspecified atom stereocenters. The van der Waals surface area contributed by atoms with Gasteiger partial charge in [0.25, 0.3) is 0 Å². The summed E-state index contributed by atoms with van der Waals surface area (Å²) in [5, 5.41) is 8.70. The molecule has 0 saturated carbocycles. The Bertz CT molecular complexity index is 963. The van der Waals surface area contributed by atoms with Crippen LogP contribution >= 0.6 is 0 Å². The molecule has 0 atom stereocenters. The number of aromatic nitrogens is 2. The van der Waals surface area contributed by atoms with E-state index in [1.54, 1.807) is 18.4 Å². The maximum Gasteiger partial charge on any atom is 0.312 e. The van der Waals surface area contributed by atoms with Crippen LogP contribution in [0.1, 0.15) is 18.2 Å². The number of ether oxygens (including phenoxy) is 2. The van der Waals surface area contributed by atoms with E-state index in [0.717, 1.165) is 5.56 Å². The lowest BCUT2D eigenvalue weighted by Gasteiger charge is -2.04. The number of fused-ring (bicyclic) bond motifs is 1. The molecule has 0 bridgehead atoms. The van der Waals surface area contributed by atoms with Gasteiger partial charge in [0.2, 0.25) is 0 Å². The van der Waals surface area contributed by atoms with Crippen molar-refractivity contribution in [1.82, 2.24) is 9.38 Å². The first kappa shape index (κ1) is 17.6. The van der Waals surface area contributed by atoms with Gasteiger partial charge in [-0.3, -0.25) is 9.20 Å². The summed E-state index contributed by atoms with van der Waals surface area (Å²) in [5.74, 6) is 0.776. The third kappa shape index (κ3) is 3.72. The molecule has 7 heteroatoms. The second-order valence-corrected chi connectivity index (χ2v) is 5.67. The minimum Gasteiger partial charge on any atom is -0.494 e. The number of esters is 1. The van der Waals surface area contributed by atoms with Crippen LogP contribution in [0.5, 0.6) is 5.75 Å². The number of carbonyl (C=O) groups excluding carboxylic acids is 1. The first-order valence-corrected chi connectivity index (χ1v) is 8.30. The number of rotatable bonds is 6. The first-order chi connectivity index (χ1) is 12.6. The number of aryl methyl sites for hydroxylation is 1. The lowest BCUT2D eigenvalue weighted by Crippen LogP contribution is -2.07. The molecule has 0 aliphatic rings. The molecule has 26 heavy (non-hydrogen) atoms. The highest BCUT2D eigenvalue weighted by Gasteiger charge is 2.16. The second kappa shape index (κ2) is 7.77. The number of methoxy groups -OCH3 is 1. The molecule has 0 radical (unpaired) electrons. The fourth-order valence-corrected chi connectivity index (χ4v) is 2.58. The lowest BCUT2D eigenvalue weighted by atomic mass is 10.2. The lowest BCUT2D eigenvalue weighted by molar-refractivity contribution is -0.142. The molecule has 0 spiro atoms. The van der Waals surface area contributed by atoms with Gasteiger partial charge in [0.05, 0.1) is 25.8 Å². The zero-order valence-electron chi connectivity index (χ0n) is 15.0. The van der Waals surface area contributed by atoms with E-state index in [2.05, 4.69) is 15.2 Å². The van der Waals surface area contributed by atoms with E-state index >= 15 is 0 Å². The van der Waals surface area contributed by atoms with E-state index in [9.17, 15) is 4.79 Å². The summed E-state index contributed by atoms with van der Waals surface area (Å²) in [6.45, 7) is 4.06. The number of nitrogens with zero attached hydrogens (tertiary/aromatic N) is 4. The van der Waals surface area contributed by atoms with Gasteiger partial charge in [0, 0.05) is 6.20 Å². The Morgan fingerprint density at radius 3 is 2.85 bits per heavy atom. The van der Waals surface area contributed by atoms with Gasteiger partial charge in [-0.05, 0) is 43.7 Å². The quantitative estimate of drug-likeness (QED) is 0.493. The highest BCUT2D eigenvalue weighted by Crippen LogP contribution is 2.31. The van der Waals surface area contributed by atoms with Crippen molar-refractivity contribution in [3.05, 3.63) is 53.9 Å². The Morgan fingerprint density at radius 2 is 2.08 bits per heavy atom. The SMILES string of the molecule is CCOC(=O)Cc1nc2ccccn2c1N=Nc1cc(C)ccc1OC. The Kier molecular flexibility index (Phi) is 5.26. The van der Waals surface area contributed by atoms with Crippen LogP contribution in [-0.2, 0) is 16.0 Å². The van der Waals surface area contributed by atoms with Crippen molar-refractivity contribution in [2.45, 2.75) is 20.3 Å². The van der Waals surface area contributed by atoms with Crippen LogP contribution in [0.2, 0.25) is 0 Å². The van der Waals surface area contributed by atoms with Crippen LogP contribution in [-0.4, -0.2) is 29.1 Å². The molecule has 2 heterocycles. The number of hydrogen-bond donors (Lipinski definition) is 0. The van der Waals surface area contributed by atoms with Gasteiger partial charge in [-0.1, -0.05) is 12.1 Å². The standard InChI is InChI=1S/C19H20N4O3/c1-4-26-18(24)12-15-19(23-10-6-5-7-17(23)20-15)22-21-14-11-13(2)8-9-16(14)25-3/h5-11H,4,12H2,1-3H3. The molecule has 0 fully saturated rings. The predicted molar refractivity (Wildman–Crippen MR) is 97.4 cm³/mol. The molecule has 3 aromatic rings. The Labute approximate surface area is 151 Å². The molecule has 1 aromatic carbocycles. The number of benzene rings is 1. The fraction of sp³-hybridized carbons (Fsp3) is 0.263. The first-order valence-electron chi connectivity index (χ1n) is 8.30. The number of pyridine rings is 1. The smallest absolute Gasteiger partial charge is 0.312 e. The van der Waals surface area contributed by atoms with E-state index in [4.69, 9.17) is 9.47 Å². The molecule has 3 rings (SSSR count). The Hall–Kier alpha value is -3.22. The summed E-state index contributed by atoms with van der Waals surface area (Å²) in [5.41, 5.74) is 2.87. The third-order valence-corrected chi connectivity index (χ3v) is 3.78. The summed E-state index contributed by atoms with van der Waals surface area (Å²) in [6.07, 6.45) is 1.87. The summed E-state index contributed by atoms with van der Waals surface area (Å²) in [4.78, 5) is 16.4. The van der Waals surface area contributed by atoms with Crippen molar-refractivity contribution in [2.75, 3.05) is 13.7 Å². The van der Waals surface area contributed by atoms with Crippen molar-refractivity contribution < 1.29 is 14.3 Å². The van der Waals surface area contributed by atoms with E-state index < -0.39 is 0 Å². The average Bonchev–Trinajstić information content (AvgIpc) is 2.97. The van der Waals surface area contributed by atoms with Crippen molar-refractivity contribution in [3.8, 4) is 5.75 Å².